The minimum Gasteiger partial charge on any atom is -0.379 e. The van der Waals surface area contributed by atoms with Gasteiger partial charge in [0, 0.05) is 0 Å². The van der Waals surface area contributed by atoms with Crippen molar-refractivity contribution in [2.24, 2.45) is 0 Å². The molecule has 3 nitrogen and oxygen atoms in total. The SMILES string of the molecule is CC.Cc1ccc(OS(=O)(=O)c2ccccc2)cc1. The smallest absolute Gasteiger partial charge is 0.339 e. The molecule has 4 heteroatoms. The van der Waals surface area contributed by atoms with Gasteiger partial charge >= 0.3 is 10.1 Å². The minimum atomic E-state index is -3.73. The van der Waals surface area contributed by atoms with Crippen molar-refractivity contribution >= 4 is 10.1 Å². The van der Waals surface area contributed by atoms with Gasteiger partial charge in [0.1, 0.15) is 10.6 Å². The fourth-order valence-corrected chi connectivity index (χ4v) is 2.31. The summed E-state index contributed by atoms with van der Waals surface area (Å²) >= 11 is 0. The van der Waals surface area contributed by atoms with E-state index in [1.54, 1.807) is 42.5 Å². The topological polar surface area (TPSA) is 43.4 Å². The molecule has 0 fully saturated rings. The molecular formula is C15H18O3S. The highest BCUT2D eigenvalue weighted by Gasteiger charge is 2.15. The van der Waals surface area contributed by atoms with Crippen LogP contribution in [0, 0.1) is 6.92 Å². The van der Waals surface area contributed by atoms with Gasteiger partial charge in [0.25, 0.3) is 0 Å². The summed E-state index contributed by atoms with van der Waals surface area (Å²) < 4.78 is 28.7. The predicted octanol–water partition coefficient (Wildman–Crippen LogP) is 3.79. The molecule has 2 rings (SSSR count). The van der Waals surface area contributed by atoms with Crippen LogP contribution in [-0.4, -0.2) is 8.42 Å². The molecule has 0 amide bonds. The highest BCUT2D eigenvalue weighted by Crippen LogP contribution is 2.18. The molecule has 0 aromatic heterocycles. The lowest BCUT2D eigenvalue weighted by Gasteiger charge is -2.06. The minimum absolute atomic E-state index is 0.153. The zero-order valence-electron chi connectivity index (χ0n) is 11.3. The van der Waals surface area contributed by atoms with Crippen LogP contribution in [-0.2, 0) is 10.1 Å². The maximum atomic E-state index is 11.9. The van der Waals surface area contributed by atoms with E-state index < -0.39 is 10.1 Å². The van der Waals surface area contributed by atoms with E-state index in [1.165, 1.54) is 12.1 Å². The largest absolute Gasteiger partial charge is 0.379 e. The van der Waals surface area contributed by atoms with Crippen molar-refractivity contribution in [1.29, 1.82) is 0 Å². The summed E-state index contributed by atoms with van der Waals surface area (Å²) in [6.07, 6.45) is 0. The maximum Gasteiger partial charge on any atom is 0.339 e. The third-order valence-corrected chi connectivity index (χ3v) is 3.52. The van der Waals surface area contributed by atoms with E-state index in [4.69, 9.17) is 4.18 Å². The summed E-state index contributed by atoms with van der Waals surface area (Å²) in [5, 5.41) is 0. The van der Waals surface area contributed by atoms with Crippen LogP contribution in [0.5, 0.6) is 5.75 Å². The van der Waals surface area contributed by atoms with E-state index in [0.717, 1.165) is 5.56 Å². The first kappa shape index (κ1) is 15.2. The Labute approximate surface area is 115 Å². The third-order valence-electron chi connectivity index (χ3n) is 2.26. The van der Waals surface area contributed by atoms with Crippen molar-refractivity contribution < 1.29 is 12.6 Å². The summed E-state index contributed by atoms with van der Waals surface area (Å²) in [6.45, 7) is 5.93. The molecule has 2 aromatic carbocycles. The first-order chi connectivity index (χ1) is 9.08. The fourth-order valence-electron chi connectivity index (χ4n) is 1.36. The molecule has 0 atom stereocenters. The Balaban J connectivity index is 0.000000861. The van der Waals surface area contributed by atoms with Gasteiger partial charge in [-0.15, -0.1) is 0 Å². The van der Waals surface area contributed by atoms with Gasteiger partial charge in [0.2, 0.25) is 0 Å². The van der Waals surface area contributed by atoms with Crippen LogP contribution in [0.3, 0.4) is 0 Å². The second-order valence-electron chi connectivity index (χ2n) is 3.66. The van der Waals surface area contributed by atoms with Crippen molar-refractivity contribution in [3.8, 4) is 5.75 Å². The van der Waals surface area contributed by atoms with Crippen LogP contribution in [0.2, 0.25) is 0 Å². The Kier molecular flexibility index (Phi) is 5.57. The molecule has 0 radical (unpaired) electrons. The zero-order valence-corrected chi connectivity index (χ0v) is 12.1. The average molecular weight is 278 g/mol. The third kappa shape index (κ3) is 4.41. The number of benzene rings is 2. The second kappa shape index (κ2) is 6.95. The number of hydrogen-bond donors (Lipinski definition) is 0. The molecule has 0 unspecified atom stereocenters. The molecule has 0 aliphatic heterocycles. The quantitative estimate of drug-likeness (QED) is 0.802. The van der Waals surface area contributed by atoms with Gasteiger partial charge in [0.05, 0.1) is 0 Å². The van der Waals surface area contributed by atoms with Crippen molar-refractivity contribution in [2.45, 2.75) is 25.7 Å². The zero-order chi connectivity index (χ0) is 14.3. The Hall–Kier alpha value is -1.81. The summed E-state index contributed by atoms with van der Waals surface area (Å²) in [5.74, 6) is 0.319. The summed E-state index contributed by atoms with van der Waals surface area (Å²) in [5.41, 5.74) is 1.05. The molecule has 0 aliphatic carbocycles. The monoisotopic (exact) mass is 278 g/mol. The summed E-state index contributed by atoms with van der Waals surface area (Å²) in [6, 6.07) is 15.0. The molecular weight excluding hydrogens is 260 g/mol. The lowest BCUT2D eigenvalue weighted by atomic mass is 10.2. The Morgan fingerprint density at radius 1 is 0.842 bits per heavy atom. The molecule has 19 heavy (non-hydrogen) atoms. The first-order valence-corrected chi connectivity index (χ1v) is 7.55. The standard InChI is InChI=1S/C13H12O3S.C2H6/c1-11-7-9-12(10-8-11)16-17(14,15)13-5-3-2-4-6-13;1-2/h2-10H,1H3;1-2H3. The Morgan fingerprint density at radius 2 is 1.37 bits per heavy atom. The van der Waals surface area contributed by atoms with E-state index in [2.05, 4.69) is 0 Å². The highest BCUT2D eigenvalue weighted by atomic mass is 32.2. The molecule has 2 aromatic rings. The van der Waals surface area contributed by atoms with Crippen molar-refractivity contribution in [2.75, 3.05) is 0 Å². The van der Waals surface area contributed by atoms with Gasteiger partial charge in [-0.3, -0.25) is 0 Å². The number of aryl methyl sites for hydroxylation is 1. The van der Waals surface area contributed by atoms with Gasteiger partial charge in [-0.05, 0) is 31.2 Å². The van der Waals surface area contributed by atoms with Gasteiger partial charge in [0.15, 0.2) is 0 Å². The number of hydrogen-bond acceptors (Lipinski definition) is 3. The summed E-state index contributed by atoms with van der Waals surface area (Å²) in [4.78, 5) is 0.153. The van der Waals surface area contributed by atoms with Crippen LogP contribution in [0.1, 0.15) is 19.4 Å². The molecule has 102 valence electrons. The molecule has 0 heterocycles. The van der Waals surface area contributed by atoms with Crippen LogP contribution in [0.4, 0.5) is 0 Å². The molecule has 0 saturated heterocycles. The van der Waals surface area contributed by atoms with Gasteiger partial charge in [-0.25, -0.2) is 0 Å². The molecule has 0 spiro atoms. The van der Waals surface area contributed by atoms with Crippen LogP contribution < -0.4 is 4.18 Å². The highest BCUT2D eigenvalue weighted by molar-refractivity contribution is 7.87. The molecule has 0 aliphatic rings. The second-order valence-corrected chi connectivity index (χ2v) is 5.21. The average Bonchev–Trinajstić information content (AvgIpc) is 2.44. The molecule has 0 bridgehead atoms. The van der Waals surface area contributed by atoms with Crippen LogP contribution >= 0.6 is 0 Å². The lowest BCUT2D eigenvalue weighted by Crippen LogP contribution is -2.09. The van der Waals surface area contributed by atoms with Gasteiger partial charge in [-0.1, -0.05) is 49.7 Å². The Morgan fingerprint density at radius 3 is 1.89 bits per heavy atom. The van der Waals surface area contributed by atoms with E-state index in [1.807, 2.05) is 20.8 Å². The van der Waals surface area contributed by atoms with Gasteiger partial charge in [-0.2, -0.15) is 8.42 Å². The van der Waals surface area contributed by atoms with E-state index in [-0.39, 0.29) is 4.90 Å². The van der Waals surface area contributed by atoms with Crippen LogP contribution in [0.25, 0.3) is 0 Å². The van der Waals surface area contributed by atoms with Crippen LogP contribution in [0.15, 0.2) is 59.5 Å². The van der Waals surface area contributed by atoms with E-state index in [9.17, 15) is 8.42 Å². The summed E-state index contributed by atoms with van der Waals surface area (Å²) in [7, 11) is -3.73. The van der Waals surface area contributed by atoms with Crippen molar-refractivity contribution in [3.05, 3.63) is 60.2 Å². The van der Waals surface area contributed by atoms with Crippen molar-refractivity contribution in [3.63, 3.8) is 0 Å². The Bertz CT molecular complexity index is 587. The first-order valence-electron chi connectivity index (χ1n) is 6.14. The maximum absolute atomic E-state index is 11.9. The normalized spacial score (nSPS) is 10.3. The fraction of sp³-hybridized carbons (Fsp3) is 0.200. The van der Waals surface area contributed by atoms with E-state index in [0.29, 0.717) is 5.75 Å². The van der Waals surface area contributed by atoms with Gasteiger partial charge < -0.3 is 4.18 Å². The lowest BCUT2D eigenvalue weighted by molar-refractivity contribution is 0.486. The van der Waals surface area contributed by atoms with E-state index >= 15 is 0 Å². The predicted molar refractivity (Wildman–Crippen MR) is 76.8 cm³/mol. The molecule has 0 N–H and O–H groups in total. The molecule has 0 saturated carbocycles. The van der Waals surface area contributed by atoms with Crippen molar-refractivity contribution in [1.82, 2.24) is 0 Å². The number of rotatable bonds is 3.